The zero-order valence-corrected chi connectivity index (χ0v) is 29.6. The minimum atomic E-state index is -1.69. The molecule has 1 aromatic rings. The third-order valence-electron chi connectivity index (χ3n) is 13.8. The lowest BCUT2D eigenvalue weighted by molar-refractivity contribution is -0.0647. The average Bonchev–Trinajstić information content (AvgIpc) is 3.35. The van der Waals surface area contributed by atoms with Gasteiger partial charge in [0, 0.05) is 31.6 Å². The molecular formula is C39H62N2O2Si. The van der Waals surface area contributed by atoms with E-state index in [1.165, 1.54) is 93.6 Å². The van der Waals surface area contributed by atoms with E-state index in [1.807, 2.05) is 7.11 Å². The molecular weight excluding hydrogens is 557 g/mol. The molecule has 44 heavy (non-hydrogen) atoms. The Hall–Kier alpha value is -1.48. The van der Waals surface area contributed by atoms with Crippen molar-refractivity contribution >= 4 is 13.8 Å². The summed E-state index contributed by atoms with van der Waals surface area (Å²) in [5.74, 6) is 7.60. The van der Waals surface area contributed by atoms with E-state index in [-0.39, 0.29) is 5.41 Å². The number of benzene rings is 1. The maximum atomic E-state index is 12.4. The molecule has 1 saturated heterocycles. The fourth-order valence-electron chi connectivity index (χ4n) is 10.6. The Morgan fingerprint density at radius 1 is 1.00 bits per heavy atom. The van der Waals surface area contributed by atoms with Crippen LogP contribution in [0, 0.1) is 34.6 Å². The van der Waals surface area contributed by atoms with Crippen LogP contribution >= 0.6 is 0 Å². The summed E-state index contributed by atoms with van der Waals surface area (Å²) >= 11 is 0. The predicted molar refractivity (Wildman–Crippen MR) is 187 cm³/mol. The molecule has 4 fully saturated rings. The van der Waals surface area contributed by atoms with E-state index in [4.69, 9.17) is 4.74 Å². The SMILES string of the molecule is CC[Si](C#C[C@]1(O)CCC2C3CCc4cc(OC)c(N5CCNCC5)cc4C3CC[C@@]21C)(CC)CCCCC1CCCCC1. The van der Waals surface area contributed by atoms with Crippen molar-refractivity contribution in [3.63, 3.8) is 0 Å². The third kappa shape index (κ3) is 6.14. The summed E-state index contributed by atoms with van der Waals surface area (Å²) in [6.45, 7) is 11.4. The Bertz CT molecular complexity index is 1190. The van der Waals surface area contributed by atoms with Crippen LogP contribution in [0.5, 0.6) is 5.75 Å². The van der Waals surface area contributed by atoms with E-state index >= 15 is 0 Å². The van der Waals surface area contributed by atoms with E-state index < -0.39 is 13.7 Å². The molecule has 1 heterocycles. The van der Waals surface area contributed by atoms with Gasteiger partial charge in [-0.2, -0.15) is 0 Å². The van der Waals surface area contributed by atoms with Gasteiger partial charge in [0.15, 0.2) is 0 Å². The largest absolute Gasteiger partial charge is 0.495 e. The van der Waals surface area contributed by atoms with E-state index in [9.17, 15) is 5.11 Å². The molecule has 3 saturated carbocycles. The van der Waals surface area contributed by atoms with Crippen LogP contribution < -0.4 is 15.0 Å². The molecule has 1 aromatic carbocycles. The highest BCUT2D eigenvalue weighted by molar-refractivity contribution is 6.87. The van der Waals surface area contributed by atoms with Gasteiger partial charge < -0.3 is 20.1 Å². The smallest absolute Gasteiger partial charge is 0.142 e. The van der Waals surface area contributed by atoms with Crippen LogP contribution in [-0.2, 0) is 6.42 Å². The monoisotopic (exact) mass is 618 g/mol. The summed E-state index contributed by atoms with van der Waals surface area (Å²) in [5, 5.41) is 15.9. The molecule has 0 aromatic heterocycles. The molecule has 6 rings (SSSR count). The molecule has 1 aliphatic heterocycles. The van der Waals surface area contributed by atoms with Gasteiger partial charge in [0.1, 0.15) is 19.4 Å². The van der Waals surface area contributed by atoms with E-state index in [0.29, 0.717) is 17.8 Å². The van der Waals surface area contributed by atoms with Crippen molar-refractivity contribution in [1.82, 2.24) is 5.32 Å². The van der Waals surface area contributed by atoms with Crippen LogP contribution in [0.15, 0.2) is 12.1 Å². The summed E-state index contributed by atoms with van der Waals surface area (Å²) in [6.07, 6.45) is 18.1. The number of piperazine rings is 1. The van der Waals surface area contributed by atoms with Gasteiger partial charge in [-0.05, 0) is 104 Å². The fourth-order valence-corrected chi connectivity index (χ4v) is 13.7. The zero-order chi connectivity index (χ0) is 30.8. The van der Waals surface area contributed by atoms with Crippen LogP contribution in [0.3, 0.4) is 0 Å². The zero-order valence-electron chi connectivity index (χ0n) is 28.6. The maximum absolute atomic E-state index is 12.4. The first-order valence-electron chi connectivity index (χ1n) is 18.8. The average molecular weight is 619 g/mol. The molecule has 0 radical (unpaired) electrons. The predicted octanol–water partition coefficient (Wildman–Crippen LogP) is 8.47. The van der Waals surface area contributed by atoms with Gasteiger partial charge in [0.2, 0.25) is 0 Å². The minimum Gasteiger partial charge on any atom is -0.495 e. The summed E-state index contributed by atoms with van der Waals surface area (Å²) < 4.78 is 5.94. The van der Waals surface area contributed by atoms with E-state index in [2.05, 4.69) is 54.6 Å². The van der Waals surface area contributed by atoms with Gasteiger partial charge in [0.05, 0.1) is 12.8 Å². The summed E-state index contributed by atoms with van der Waals surface area (Å²) in [5.41, 5.74) is 7.43. The topological polar surface area (TPSA) is 44.7 Å². The highest BCUT2D eigenvalue weighted by Gasteiger charge is 2.61. The van der Waals surface area contributed by atoms with Gasteiger partial charge in [-0.3, -0.25) is 0 Å². The Kier molecular flexibility index (Phi) is 10.1. The van der Waals surface area contributed by atoms with Crippen molar-refractivity contribution < 1.29 is 9.84 Å². The quantitative estimate of drug-likeness (QED) is 0.166. The fraction of sp³-hybridized carbons (Fsp3) is 0.795. The Labute approximate surface area is 270 Å². The molecule has 5 heteroatoms. The van der Waals surface area contributed by atoms with Gasteiger partial charge in [0.25, 0.3) is 0 Å². The molecule has 2 N–H and O–H groups in total. The number of unbranched alkanes of at least 4 members (excludes halogenated alkanes) is 1. The number of aliphatic hydroxyl groups is 1. The molecule has 244 valence electrons. The van der Waals surface area contributed by atoms with Crippen molar-refractivity contribution in [2.45, 2.75) is 140 Å². The van der Waals surface area contributed by atoms with Crippen molar-refractivity contribution in [2.24, 2.45) is 23.2 Å². The normalized spacial score (nSPS) is 32.3. The van der Waals surface area contributed by atoms with Crippen LogP contribution in [0.1, 0.15) is 121 Å². The lowest BCUT2D eigenvalue weighted by Crippen LogP contribution is -2.50. The summed E-state index contributed by atoms with van der Waals surface area (Å²) in [6, 6.07) is 8.67. The first kappa shape index (κ1) is 32.5. The summed E-state index contributed by atoms with van der Waals surface area (Å²) in [7, 11) is 0.141. The first-order valence-corrected chi connectivity index (χ1v) is 21.4. The number of ether oxygens (including phenoxy) is 1. The van der Waals surface area contributed by atoms with Crippen molar-refractivity contribution in [3.05, 3.63) is 23.3 Å². The number of rotatable bonds is 9. The molecule has 4 nitrogen and oxygen atoms in total. The Morgan fingerprint density at radius 2 is 1.77 bits per heavy atom. The van der Waals surface area contributed by atoms with Crippen molar-refractivity contribution in [1.29, 1.82) is 0 Å². The first-order chi connectivity index (χ1) is 21.4. The lowest BCUT2D eigenvalue weighted by atomic mass is 9.53. The minimum absolute atomic E-state index is 0.0882. The van der Waals surface area contributed by atoms with Crippen LogP contribution in [0.25, 0.3) is 0 Å². The third-order valence-corrected chi connectivity index (χ3v) is 18.4. The number of hydrogen-bond acceptors (Lipinski definition) is 4. The second kappa shape index (κ2) is 13.7. The highest BCUT2D eigenvalue weighted by atomic mass is 28.3. The molecule has 5 aliphatic rings. The molecule has 3 unspecified atom stereocenters. The van der Waals surface area contributed by atoms with Crippen LogP contribution in [0.4, 0.5) is 5.69 Å². The number of anilines is 1. The number of hydrogen-bond donors (Lipinski definition) is 2. The van der Waals surface area contributed by atoms with E-state index in [0.717, 1.165) is 63.5 Å². The van der Waals surface area contributed by atoms with Crippen molar-refractivity contribution in [2.75, 3.05) is 38.2 Å². The second-order valence-electron chi connectivity index (χ2n) is 15.7. The number of methoxy groups -OCH3 is 1. The van der Waals surface area contributed by atoms with Gasteiger partial charge in [-0.25, -0.2) is 0 Å². The highest BCUT2D eigenvalue weighted by Crippen LogP contribution is 2.64. The maximum Gasteiger partial charge on any atom is 0.142 e. The van der Waals surface area contributed by atoms with Gasteiger partial charge >= 0.3 is 0 Å². The number of aryl methyl sites for hydroxylation is 1. The summed E-state index contributed by atoms with van der Waals surface area (Å²) in [4.78, 5) is 2.52. The number of fused-ring (bicyclic) bond motifs is 5. The second-order valence-corrected chi connectivity index (χ2v) is 20.4. The molecule has 0 bridgehead atoms. The number of nitrogens with one attached hydrogen (secondary N) is 1. The van der Waals surface area contributed by atoms with Gasteiger partial charge in [-0.15, -0.1) is 5.54 Å². The standard InChI is InChI=1S/C39H62N2O2Si/c1-5-44(6-2,26-11-10-14-30-12-8-7-9-13-30)27-21-39(42)20-18-35-33-16-15-31-28-37(43-4)36(41-24-22-40-23-25-41)29-34(31)32(33)17-19-38(35,39)3/h28-30,32-33,35,40,42H,5-20,22-26H2,1-4H3/t32?,33?,35?,38-,39+/m0/s1. The van der Waals surface area contributed by atoms with Crippen LogP contribution in [-0.4, -0.2) is 52.1 Å². The van der Waals surface area contributed by atoms with Crippen LogP contribution in [0.2, 0.25) is 18.1 Å². The molecule has 0 spiro atoms. The lowest BCUT2D eigenvalue weighted by Gasteiger charge is -2.52. The molecule has 0 amide bonds. The molecule has 5 atom stereocenters. The Balaban J connectivity index is 1.17. The molecule has 4 aliphatic carbocycles. The van der Waals surface area contributed by atoms with Crippen molar-refractivity contribution in [3.8, 4) is 17.2 Å². The Morgan fingerprint density at radius 3 is 2.50 bits per heavy atom. The number of nitrogens with zero attached hydrogens (tertiary/aromatic N) is 1. The van der Waals surface area contributed by atoms with E-state index in [1.54, 1.807) is 5.56 Å². The van der Waals surface area contributed by atoms with Gasteiger partial charge in [-0.1, -0.05) is 78.1 Å².